The quantitative estimate of drug-likeness (QED) is 0.766. The summed E-state index contributed by atoms with van der Waals surface area (Å²) in [6, 6.07) is 2.62. The van der Waals surface area contributed by atoms with Gasteiger partial charge in [-0.1, -0.05) is 6.07 Å². The average molecular weight is 222 g/mol. The van der Waals surface area contributed by atoms with Crippen LogP contribution in [0.25, 0.3) is 0 Å². The van der Waals surface area contributed by atoms with Crippen molar-refractivity contribution < 1.29 is 14.3 Å². The Hall–Kier alpha value is -1.91. The Morgan fingerprint density at radius 1 is 1.56 bits per heavy atom. The van der Waals surface area contributed by atoms with Crippen LogP contribution in [0.15, 0.2) is 24.5 Å². The number of ether oxygens (including phenoxy) is 1. The van der Waals surface area contributed by atoms with E-state index in [9.17, 15) is 9.59 Å². The van der Waals surface area contributed by atoms with Crippen LogP contribution >= 0.6 is 0 Å². The molecule has 0 radical (unpaired) electrons. The van der Waals surface area contributed by atoms with Gasteiger partial charge in [0.05, 0.1) is 6.61 Å². The third-order valence-corrected chi connectivity index (χ3v) is 1.89. The van der Waals surface area contributed by atoms with Crippen molar-refractivity contribution in [2.45, 2.75) is 19.9 Å². The molecule has 86 valence electrons. The average Bonchev–Trinajstić information content (AvgIpc) is 2.27. The monoisotopic (exact) mass is 222 g/mol. The second kappa shape index (κ2) is 5.85. The first kappa shape index (κ1) is 12.2. The van der Waals surface area contributed by atoms with Gasteiger partial charge in [-0.2, -0.15) is 0 Å². The third-order valence-electron chi connectivity index (χ3n) is 1.89. The zero-order valence-corrected chi connectivity index (χ0v) is 9.27. The van der Waals surface area contributed by atoms with E-state index in [0.717, 1.165) is 0 Å². The zero-order valence-electron chi connectivity index (χ0n) is 9.27. The van der Waals surface area contributed by atoms with E-state index in [1.807, 2.05) is 0 Å². The second-order valence-electron chi connectivity index (χ2n) is 3.17. The molecule has 0 fully saturated rings. The van der Waals surface area contributed by atoms with Crippen molar-refractivity contribution >= 4 is 11.9 Å². The summed E-state index contributed by atoms with van der Waals surface area (Å²) in [5, 5.41) is 2.53. The lowest BCUT2D eigenvalue weighted by atomic mass is 10.1. The predicted octanol–water partition coefficient (Wildman–Crippen LogP) is 0.822. The highest BCUT2D eigenvalue weighted by molar-refractivity contribution is 5.84. The Kier molecular flexibility index (Phi) is 4.44. The van der Waals surface area contributed by atoms with Crippen LogP contribution in [0.1, 0.15) is 25.5 Å². The first-order valence-corrected chi connectivity index (χ1v) is 4.98. The van der Waals surface area contributed by atoms with Crippen molar-refractivity contribution in [2.75, 3.05) is 6.61 Å². The van der Waals surface area contributed by atoms with Crippen LogP contribution in [0.4, 0.5) is 0 Å². The number of nitrogens with one attached hydrogen (secondary N) is 1. The van der Waals surface area contributed by atoms with Gasteiger partial charge in [-0.05, 0) is 13.0 Å². The predicted molar refractivity (Wildman–Crippen MR) is 57.4 cm³/mol. The van der Waals surface area contributed by atoms with Gasteiger partial charge in [0.2, 0.25) is 5.91 Å². The minimum atomic E-state index is -0.786. The number of carbonyl (C=O) groups excluding carboxylic acids is 2. The number of esters is 1. The molecule has 0 bridgehead atoms. The van der Waals surface area contributed by atoms with Gasteiger partial charge >= 0.3 is 5.97 Å². The fraction of sp³-hybridized carbons (Fsp3) is 0.364. The summed E-state index contributed by atoms with van der Waals surface area (Å²) >= 11 is 0. The fourth-order valence-electron chi connectivity index (χ4n) is 1.25. The number of hydrogen-bond donors (Lipinski definition) is 1. The number of nitrogens with zero attached hydrogens (tertiary/aromatic N) is 1. The standard InChI is InChI=1S/C11H14N2O3/c1-3-16-11(15)10(13-8(2)14)9-5-4-6-12-7-9/h4-7,10H,3H2,1-2H3,(H,13,14). The number of rotatable bonds is 4. The summed E-state index contributed by atoms with van der Waals surface area (Å²) in [6.45, 7) is 3.34. The van der Waals surface area contributed by atoms with Crippen molar-refractivity contribution in [3.05, 3.63) is 30.1 Å². The van der Waals surface area contributed by atoms with Crippen LogP contribution in [0.5, 0.6) is 0 Å². The van der Waals surface area contributed by atoms with Gasteiger partial charge in [-0.25, -0.2) is 4.79 Å². The van der Waals surface area contributed by atoms with Crippen LogP contribution < -0.4 is 5.32 Å². The highest BCUT2D eigenvalue weighted by Gasteiger charge is 2.22. The molecule has 1 rings (SSSR count). The van der Waals surface area contributed by atoms with E-state index in [1.165, 1.54) is 13.1 Å². The molecule has 1 N–H and O–H groups in total. The minimum absolute atomic E-state index is 0.273. The molecule has 0 saturated carbocycles. The van der Waals surface area contributed by atoms with E-state index in [0.29, 0.717) is 5.56 Å². The first-order chi connectivity index (χ1) is 7.65. The van der Waals surface area contributed by atoms with Crippen molar-refractivity contribution in [1.82, 2.24) is 10.3 Å². The van der Waals surface area contributed by atoms with E-state index in [1.54, 1.807) is 25.3 Å². The highest BCUT2D eigenvalue weighted by Crippen LogP contribution is 2.13. The minimum Gasteiger partial charge on any atom is -0.464 e. The lowest BCUT2D eigenvalue weighted by Gasteiger charge is -2.15. The molecule has 5 heteroatoms. The van der Waals surface area contributed by atoms with Gasteiger partial charge < -0.3 is 10.1 Å². The largest absolute Gasteiger partial charge is 0.464 e. The van der Waals surface area contributed by atoms with E-state index in [2.05, 4.69) is 10.3 Å². The Morgan fingerprint density at radius 3 is 2.81 bits per heavy atom. The lowest BCUT2D eigenvalue weighted by Crippen LogP contribution is -2.33. The number of hydrogen-bond acceptors (Lipinski definition) is 4. The van der Waals surface area contributed by atoms with Crippen LogP contribution in [-0.4, -0.2) is 23.5 Å². The van der Waals surface area contributed by atoms with E-state index in [4.69, 9.17) is 4.74 Å². The molecule has 0 aliphatic carbocycles. The molecule has 0 aromatic carbocycles. The SMILES string of the molecule is CCOC(=O)C(NC(C)=O)c1cccnc1. The Bertz CT molecular complexity index is 365. The molecule has 0 saturated heterocycles. The van der Waals surface area contributed by atoms with E-state index >= 15 is 0 Å². The number of amides is 1. The van der Waals surface area contributed by atoms with Crippen molar-refractivity contribution in [2.24, 2.45) is 0 Å². The molecule has 0 spiro atoms. The summed E-state index contributed by atoms with van der Waals surface area (Å²) in [4.78, 5) is 26.5. The summed E-state index contributed by atoms with van der Waals surface area (Å²) in [7, 11) is 0. The summed E-state index contributed by atoms with van der Waals surface area (Å²) in [5.41, 5.74) is 0.608. The fourth-order valence-corrected chi connectivity index (χ4v) is 1.25. The highest BCUT2D eigenvalue weighted by atomic mass is 16.5. The number of pyridine rings is 1. The molecule has 1 aromatic rings. The van der Waals surface area contributed by atoms with Crippen LogP contribution in [-0.2, 0) is 14.3 Å². The molecule has 1 heterocycles. The first-order valence-electron chi connectivity index (χ1n) is 4.98. The van der Waals surface area contributed by atoms with E-state index in [-0.39, 0.29) is 12.5 Å². The van der Waals surface area contributed by atoms with Gasteiger partial charge in [0.1, 0.15) is 0 Å². The molecule has 0 aliphatic rings. The van der Waals surface area contributed by atoms with Gasteiger partial charge in [0.25, 0.3) is 0 Å². The summed E-state index contributed by atoms with van der Waals surface area (Å²) < 4.78 is 4.88. The molecular weight excluding hydrogens is 208 g/mol. The Balaban J connectivity index is 2.87. The van der Waals surface area contributed by atoms with Gasteiger partial charge in [-0.3, -0.25) is 9.78 Å². The maximum Gasteiger partial charge on any atom is 0.333 e. The van der Waals surface area contributed by atoms with Crippen LogP contribution in [0.2, 0.25) is 0 Å². The van der Waals surface area contributed by atoms with Crippen LogP contribution in [0, 0.1) is 0 Å². The van der Waals surface area contributed by atoms with Crippen molar-refractivity contribution in [3.8, 4) is 0 Å². The maximum absolute atomic E-state index is 11.6. The molecule has 5 nitrogen and oxygen atoms in total. The Morgan fingerprint density at radius 2 is 2.31 bits per heavy atom. The normalized spacial score (nSPS) is 11.6. The summed E-state index contributed by atoms with van der Waals surface area (Å²) in [5.74, 6) is -0.771. The van der Waals surface area contributed by atoms with Crippen molar-refractivity contribution in [1.29, 1.82) is 0 Å². The number of aromatic nitrogens is 1. The third kappa shape index (κ3) is 3.34. The maximum atomic E-state index is 11.6. The zero-order chi connectivity index (χ0) is 12.0. The smallest absolute Gasteiger partial charge is 0.333 e. The van der Waals surface area contributed by atoms with Crippen molar-refractivity contribution in [3.63, 3.8) is 0 Å². The molecule has 16 heavy (non-hydrogen) atoms. The molecule has 1 aromatic heterocycles. The topological polar surface area (TPSA) is 68.3 Å². The molecule has 1 atom stereocenters. The summed E-state index contributed by atoms with van der Waals surface area (Å²) in [6.07, 6.45) is 3.12. The lowest BCUT2D eigenvalue weighted by molar-refractivity contribution is -0.147. The Labute approximate surface area is 93.8 Å². The van der Waals surface area contributed by atoms with Gasteiger partial charge in [0.15, 0.2) is 6.04 Å². The molecule has 0 aliphatic heterocycles. The van der Waals surface area contributed by atoms with Gasteiger partial charge in [0, 0.05) is 24.9 Å². The number of carbonyl (C=O) groups is 2. The molecule has 1 unspecified atom stereocenters. The van der Waals surface area contributed by atoms with Gasteiger partial charge in [-0.15, -0.1) is 0 Å². The molecular formula is C11H14N2O3. The molecule has 1 amide bonds. The second-order valence-corrected chi connectivity index (χ2v) is 3.17. The van der Waals surface area contributed by atoms with E-state index < -0.39 is 12.0 Å². The van der Waals surface area contributed by atoms with Crippen LogP contribution in [0.3, 0.4) is 0 Å².